The number of nitrogens with zero attached hydrogens (tertiary/aromatic N) is 1. The van der Waals surface area contributed by atoms with E-state index in [1.54, 1.807) is 19.2 Å². The molecule has 0 amide bonds. The Bertz CT molecular complexity index is 691. The summed E-state index contributed by atoms with van der Waals surface area (Å²) in [5.74, 6) is 0. The monoisotopic (exact) mass is 328 g/mol. The van der Waals surface area contributed by atoms with Crippen molar-refractivity contribution in [3.8, 4) is 0 Å². The van der Waals surface area contributed by atoms with E-state index in [0.717, 1.165) is 22.1 Å². The van der Waals surface area contributed by atoms with Crippen molar-refractivity contribution in [2.75, 3.05) is 6.54 Å². The topological polar surface area (TPSA) is 86.9 Å². The lowest BCUT2D eigenvalue weighted by Crippen LogP contribution is -2.26. The summed E-state index contributed by atoms with van der Waals surface area (Å²) in [6, 6.07) is 1.30. The van der Waals surface area contributed by atoms with Gasteiger partial charge in [0.05, 0.1) is 10.9 Å². The zero-order chi connectivity index (χ0) is 15.5. The van der Waals surface area contributed by atoms with Gasteiger partial charge in [0, 0.05) is 29.5 Å². The number of aryl methyl sites for hydroxylation is 1. The molecule has 0 aliphatic heterocycles. The molecule has 0 aromatic carbocycles. The van der Waals surface area contributed by atoms with Crippen LogP contribution in [-0.4, -0.2) is 24.9 Å². The second-order valence-electron chi connectivity index (χ2n) is 4.79. The van der Waals surface area contributed by atoms with Crippen molar-refractivity contribution in [1.29, 1.82) is 0 Å². The van der Waals surface area contributed by atoms with Crippen LogP contribution in [0.2, 0.25) is 0 Å². The summed E-state index contributed by atoms with van der Waals surface area (Å²) in [6.07, 6.45) is 3.25. The molecule has 6 nitrogen and oxygen atoms in total. The second-order valence-corrected chi connectivity index (χ2v) is 7.77. The molecule has 2 rings (SSSR count). The van der Waals surface area contributed by atoms with Gasteiger partial charge in [-0.15, -0.1) is 11.3 Å². The molecule has 2 aromatic rings. The molecule has 1 unspecified atom stereocenters. The maximum Gasteiger partial charge on any atom is 0.242 e. The van der Waals surface area contributed by atoms with Gasteiger partial charge in [0.25, 0.3) is 0 Å². The highest BCUT2D eigenvalue weighted by molar-refractivity contribution is 7.89. The lowest BCUT2D eigenvalue weighted by molar-refractivity contribution is 0.566. The molecular weight excluding hydrogens is 308 g/mol. The number of aromatic amines is 1. The highest BCUT2D eigenvalue weighted by atomic mass is 32.2. The minimum absolute atomic E-state index is 0.246. The Labute approximate surface area is 129 Å². The number of sulfonamides is 1. The first-order chi connectivity index (χ1) is 9.92. The fourth-order valence-electron chi connectivity index (χ4n) is 1.86. The first-order valence-corrected chi connectivity index (χ1v) is 9.05. The summed E-state index contributed by atoms with van der Waals surface area (Å²) >= 11 is 1.49. The highest BCUT2D eigenvalue weighted by Crippen LogP contribution is 2.21. The minimum Gasteiger partial charge on any atom is -0.363 e. The van der Waals surface area contributed by atoms with Crippen LogP contribution in [0.25, 0.3) is 0 Å². The van der Waals surface area contributed by atoms with Crippen molar-refractivity contribution in [2.24, 2.45) is 0 Å². The third kappa shape index (κ3) is 4.13. The Hall–Kier alpha value is -1.22. The average molecular weight is 328 g/mol. The molecule has 116 valence electrons. The van der Waals surface area contributed by atoms with Crippen LogP contribution >= 0.6 is 11.3 Å². The van der Waals surface area contributed by atoms with E-state index in [2.05, 4.69) is 20.0 Å². The van der Waals surface area contributed by atoms with E-state index < -0.39 is 10.0 Å². The summed E-state index contributed by atoms with van der Waals surface area (Å²) in [5, 5.41) is 3.91. The van der Waals surface area contributed by atoms with Gasteiger partial charge in [-0.2, -0.15) is 0 Å². The van der Waals surface area contributed by atoms with Crippen molar-refractivity contribution in [1.82, 2.24) is 20.0 Å². The van der Waals surface area contributed by atoms with Gasteiger partial charge < -0.3 is 10.3 Å². The maximum absolute atomic E-state index is 12.3. The number of hydrogen-bond acceptors (Lipinski definition) is 5. The molecule has 21 heavy (non-hydrogen) atoms. The number of rotatable bonds is 7. The largest absolute Gasteiger partial charge is 0.363 e. The van der Waals surface area contributed by atoms with Gasteiger partial charge in [-0.1, -0.05) is 6.92 Å². The predicted molar refractivity (Wildman–Crippen MR) is 83.8 cm³/mol. The molecule has 0 aliphatic carbocycles. The molecule has 0 aliphatic rings. The van der Waals surface area contributed by atoms with Crippen LogP contribution < -0.4 is 10.0 Å². The Morgan fingerprint density at radius 2 is 2.24 bits per heavy atom. The van der Waals surface area contributed by atoms with Crippen LogP contribution in [0.1, 0.15) is 35.5 Å². The normalized spacial score (nSPS) is 13.5. The number of nitrogens with one attached hydrogen (secondary N) is 3. The second kappa shape index (κ2) is 6.69. The molecule has 3 N–H and O–H groups in total. The van der Waals surface area contributed by atoms with Crippen molar-refractivity contribution >= 4 is 21.4 Å². The van der Waals surface area contributed by atoms with Crippen LogP contribution in [0.15, 0.2) is 23.4 Å². The Kier molecular flexibility index (Phi) is 5.15. The van der Waals surface area contributed by atoms with E-state index in [-0.39, 0.29) is 10.9 Å². The third-order valence-corrected chi connectivity index (χ3v) is 5.55. The summed E-state index contributed by atoms with van der Waals surface area (Å²) in [6.45, 7) is 7.19. The zero-order valence-corrected chi connectivity index (χ0v) is 13.9. The molecular formula is C13H20N4O2S2. The highest BCUT2D eigenvalue weighted by Gasteiger charge is 2.21. The molecule has 0 radical (unpaired) electrons. The Morgan fingerprint density at radius 1 is 1.48 bits per heavy atom. The Balaban J connectivity index is 2.09. The van der Waals surface area contributed by atoms with E-state index in [0.29, 0.717) is 6.54 Å². The number of aromatic nitrogens is 2. The quantitative estimate of drug-likeness (QED) is 0.725. The number of hydrogen-bond donors (Lipinski definition) is 3. The molecule has 0 spiro atoms. The lowest BCUT2D eigenvalue weighted by Gasteiger charge is -2.10. The van der Waals surface area contributed by atoms with E-state index in [9.17, 15) is 8.42 Å². The van der Waals surface area contributed by atoms with E-state index >= 15 is 0 Å². The van der Waals surface area contributed by atoms with Crippen LogP contribution in [-0.2, 0) is 16.6 Å². The van der Waals surface area contributed by atoms with Crippen molar-refractivity contribution in [2.45, 2.75) is 38.3 Å². The van der Waals surface area contributed by atoms with Gasteiger partial charge in [0.2, 0.25) is 10.0 Å². The van der Waals surface area contributed by atoms with Gasteiger partial charge in [-0.3, -0.25) is 0 Å². The average Bonchev–Trinajstić information content (AvgIpc) is 3.05. The van der Waals surface area contributed by atoms with Gasteiger partial charge in [0.1, 0.15) is 5.01 Å². The van der Waals surface area contributed by atoms with Gasteiger partial charge in [0.15, 0.2) is 0 Å². The predicted octanol–water partition coefficient (Wildman–Crippen LogP) is 1.93. The van der Waals surface area contributed by atoms with Gasteiger partial charge in [-0.05, 0) is 26.5 Å². The first kappa shape index (κ1) is 16.2. The van der Waals surface area contributed by atoms with Crippen molar-refractivity contribution < 1.29 is 8.42 Å². The summed E-state index contributed by atoms with van der Waals surface area (Å²) in [4.78, 5) is 8.49. The van der Waals surface area contributed by atoms with E-state index in [1.165, 1.54) is 17.5 Å². The summed E-state index contributed by atoms with van der Waals surface area (Å²) < 4.78 is 27.3. The van der Waals surface area contributed by atoms with Crippen LogP contribution in [0.3, 0.4) is 0 Å². The first-order valence-electron chi connectivity index (χ1n) is 6.75. The molecule has 0 bridgehead atoms. The molecule has 8 heteroatoms. The molecule has 0 saturated carbocycles. The SMILES string of the molecule is CCNCc1cc(S(=O)(=O)NC(C)c2ncc(C)s2)c[nH]1. The molecule has 0 saturated heterocycles. The zero-order valence-electron chi connectivity index (χ0n) is 12.3. The van der Waals surface area contributed by atoms with E-state index in [1.807, 2.05) is 13.8 Å². The fraction of sp³-hybridized carbons (Fsp3) is 0.462. The molecule has 0 fully saturated rings. The molecule has 1 atom stereocenters. The molecule has 2 heterocycles. The number of thiazole rings is 1. The van der Waals surface area contributed by atoms with Crippen molar-refractivity contribution in [3.05, 3.63) is 34.0 Å². The lowest BCUT2D eigenvalue weighted by atomic mass is 10.4. The fourth-order valence-corrected chi connectivity index (χ4v) is 3.93. The van der Waals surface area contributed by atoms with Crippen molar-refractivity contribution in [3.63, 3.8) is 0 Å². The van der Waals surface area contributed by atoms with Gasteiger partial charge >= 0.3 is 0 Å². The van der Waals surface area contributed by atoms with E-state index in [4.69, 9.17) is 0 Å². The number of H-pyrrole nitrogens is 1. The summed E-state index contributed by atoms with van der Waals surface area (Å²) in [7, 11) is -3.54. The Morgan fingerprint density at radius 3 is 2.86 bits per heavy atom. The van der Waals surface area contributed by atoms with Crippen LogP contribution in [0, 0.1) is 6.92 Å². The minimum atomic E-state index is -3.54. The van der Waals surface area contributed by atoms with Gasteiger partial charge in [-0.25, -0.2) is 18.1 Å². The smallest absolute Gasteiger partial charge is 0.242 e. The maximum atomic E-state index is 12.3. The van der Waals surface area contributed by atoms with Crippen LogP contribution in [0.4, 0.5) is 0 Å². The van der Waals surface area contributed by atoms with Crippen LogP contribution in [0.5, 0.6) is 0 Å². The third-order valence-electron chi connectivity index (χ3n) is 2.93. The molecule has 2 aromatic heterocycles. The standard InChI is InChI=1S/C13H20N4O2S2/c1-4-14-7-11-5-12(8-15-11)21(18,19)17-10(3)13-16-6-9(2)20-13/h5-6,8,10,14-15,17H,4,7H2,1-3H3. The summed E-state index contributed by atoms with van der Waals surface area (Å²) in [5.41, 5.74) is 0.843.